The third-order valence-electron chi connectivity index (χ3n) is 6.02. The minimum absolute atomic E-state index is 0.0145. The Morgan fingerprint density at radius 3 is 2.17 bits per heavy atom. The SMILES string of the molecule is CN(CCN(CC(=O)NO)S(=O)(=O)c1cc(F)c(Oc2ccc(Cl)cc2)c(F)c1)S(=O)(=O)NC(=O)N1CCCCC1. The summed E-state index contributed by atoms with van der Waals surface area (Å²) < 4.78 is 89.6. The standard InChI is InChI=1S/C23H28ClF2N5O8S2/c1-29(41(37,38)28-23(33)30-9-3-2-4-10-30)11-12-31(15-21(32)27-34)40(35,36)18-13-19(25)22(20(26)14-18)39-17-7-5-16(24)6-8-17/h5-8,13-14,34H,2-4,9-12,15H2,1H3,(H,27,32)(H,28,33). The first-order chi connectivity index (χ1) is 19.2. The molecule has 1 aliphatic heterocycles. The van der Waals surface area contributed by atoms with Crippen molar-refractivity contribution in [3.8, 4) is 11.5 Å². The molecule has 3 N–H and O–H groups in total. The fraction of sp³-hybridized carbons (Fsp3) is 0.391. The third kappa shape index (κ3) is 8.46. The lowest BCUT2D eigenvalue weighted by molar-refractivity contribution is -0.129. The average Bonchev–Trinajstić information content (AvgIpc) is 2.93. The van der Waals surface area contributed by atoms with E-state index in [2.05, 4.69) is 0 Å². The van der Waals surface area contributed by atoms with Crippen LogP contribution in [0.4, 0.5) is 13.6 Å². The Kier molecular flexibility index (Phi) is 10.8. The van der Waals surface area contributed by atoms with Gasteiger partial charge in [0.25, 0.3) is 5.91 Å². The molecule has 1 fully saturated rings. The zero-order valence-electron chi connectivity index (χ0n) is 21.7. The maximum absolute atomic E-state index is 14.8. The predicted octanol–water partition coefficient (Wildman–Crippen LogP) is 2.28. The maximum atomic E-state index is 14.8. The van der Waals surface area contributed by atoms with Crippen LogP contribution in [0.25, 0.3) is 0 Å². The number of sulfonamides is 1. The van der Waals surface area contributed by atoms with Crippen molar-refractivity contribution in [1.82, 2.24) is 23.7 Å². The number of carbonyl (C=O) groups excluding carboxylic acids is 2. The molecule has 0 spiro atoms. The number of nitrogens with one attached hydrogen (secondary N) is 2. The van der Waals surface area contributed by atoms with E-state index >= 15 is 0 Å². The number of benzene rings is 2. The van der Waals surface area contributed by atoms with Crippen molar-refractivity contribution in [1.29, 1.82) is 0 Å². The quantitative estimate of drug-likeness (QED) is 0.249. The van der Waals surface area contributed by atoms with Crippen LogP contribution >= 0.6 is 11.6 Å². The molecule has 1 aliphatic rings. The predicted molar refractivity (Wildman–Crippen MR) is 142 cm³/mol. The largest absolute Gasteiger partial charge is 0.451 e. The Labute approximate surface area is 240 Å². The Balaban J connectivity index is 1.79. The number of amides is 3. The number of rotatable bonds is 11. The van der Waals surface area contributed by atoms with Crippen molar-refractivity contribution < 1.29 is 45.1 Å². The number of likely N-dealkylation sites (N-methyl/N-ethyl adjacent to an activating group) is 1. The second kappa shape index (κ2) is 13.7. The Bertz CT molecular complexity index is 1450. The molecule has 1 saturated heterocycles. The van der Waals surface area contributed by atoms with E-state index in [0.29, 0.717) is 38.9 Å². The van der Waals surface area contributed by atoms with Gasteiger partial charge in [0, 0.05) is 38.2 Å². The van der Waals surface area contributed by atoms with E-state index in [4.69, 9.17) is 21.5 Å². The molecule has 18 heteroatoms. The smallest absolute Gasteiger partial charge is 0.332 e. The van der Waals surface area contributed by atoms with E-state index in [0.717, 1.165) is 26.3 Å². The first kappa shape index (κ1) is 32.4. The Morgan fingerprint density at radius 1 is 1.02 bits per heavy atom. The van der Waals surface area contributed by atoms with Crippen LogP contribution in [0.1, 0.15) is 19.3 Å². The zero-order chi connectivity index (χ0) is 30.4. The number of hydrogen-bond acceptors (Lipinski definition) is 8. The first-order valence-electron chi connectivity index (χ1n) is 12.1. The third-order valence-corrected chi connectivity index (χ3v) is 9.53. The molecular formula is C23H28ClF2N5O8S2. The highest BCUT2D eigenvalue weighted by Gasteiger charge is 2.31. The molecule has 1 heterocycles. The second-order valence-electron chi connectivity index (χ2n) is 8.93. The molecular weight excluding hydrogens is 612 g/mol. The van der Waals surface area contributed by atoms with Gasteiger partial charge in [0.1, 0.15) is 5.75 Å². The van der Waals surface area contributed by atoms with Gasteiger partial charge in [-0.1, -0.05) is 11.6 Å². The molecule has 41 heavy (non-hydrogen) atoms. The molecule has 0 aliphatic carbocycles. The number of ether oxygens (including phenoxy) is 1. The first-order valence-corrected chi connectivity index (χ1v) is 15.4. The van der Waals surface area contributed by atoms with Gasteiger partial charge < -0.3 is 9.64 Å². The van der Waals surface area contributed by atoms with Crippen LogP contribution in [0, 0.1) is 11.6 Å². The highest BCUT2D eigenvalue weighted by atomic mass is 35.5. The van der Waals surface area contributed by atoms with Crippen LogP contribution < -0.4 is 14.9 Å². The highest BCUT2D eigenvalue weighted by Crippen LogP contribution is 2.31. The minimum atomic E-state index is -4.84. The average molecular weight is 640 g/mol. The number of piperidine rings is 1. The maximum Gasteiger partial charge on any atom is 0.332 e. The number of carbonyl (C=O) groups is 2. The van der Waals surface area contributed by atoms with Crippen LogP contribution in [-0.2, 0) is 25.0 Å². The lowest BCUT2D eigenvalue weighted by atomic mass is 10.1. The van der Waals surface area contributed by atoms with Crippen LogP contribution in [0.3, 0.4) is 0 Å². The Hall–Kier alpha value is -3.09. The van der Waals surface area contributed by atoms with Crippen LogP contribution in [0.2, 0.25) is 5.02 Å². The molecule has 0 aromatic heterocycles. The van der Waals surface area contributed by atoms with Crippen molar-refractivity contribution in [2.45, 2.75) is 24.2 Å². The van der Waals surface area contributed by atoms with Crippen LogP contribution in [0.15, 0.2) is 41.3 Å². The Morgan fingerprint density at radius 2 is 1.61 bits per heavy atom. The number of urea groups is 1. The number of halogens is 3. The lowest BCUT2D eigenvalue weighted by Crippen LogP contribution is -2.51. The summed E-state index contributed by atoms with van der Waals surface area (Å²) in [5.41, 5.74) is 1.25. The summed E-state index contributed by atoms with van der Waals surface area (Å²) in [4.78, 5) is 24.6. The van der Waals surface area contributed by atoms with E-state index in [1.54, 1.807) is 0 Å². The van der Waals surface area contributed by atoms with E-state index < -0.39 is 74.1 Å². The van der Waals surface area contributed by atoms with Crippen LogP contribution in [-0.4, -0.2) is 87.3 Å². The summed E-state index contributed by atoms with van der Waals surface area (Å²) in [7, 11) is -8.20. The monoisotopic (exact) mass is 639 g/mol. The van der Waals surface area contributed by atoms with E-state index in [9.17, 15) is 35.2 Å². The zero-order valence-corrected chi connectivity index (χ0v) is 24.1. The number of hydroxylamine groups is 1. The van der Waals surface area contributed by atoms with Gasteiger partial charge in [0.2, 0.25) is 10.0 Å². The van der Waals surface area contributed by atoms with Gasteiger partial charge in [-0.05, 0) is 55.7 Å². The van der Waals surface area contributed by atoms with Crippen molar-refractivity contribution >= 4 is 43.8 Å². The molecule has 3 amide bonds. The topological polar surface area (TPSA) is 166 Å². The van der Waals surface area contributed by atoms with Gasteiger partial charge in [0.05, 0.1) is 11.4 Å². The molecule has 0 saturated carbocycles. The lowest BCUT2D eigenvalue weighted by Gasteiger charge is -2.28. The van der Waals surface area contributed by atoms with Crippen molar-refractivity contribution in [2.24, 2.45) is 0 Å². The molecule has 2 aromatic rings. The molecule has 0 radical (unpaired) electrons. The minimum Gasteiger partial charge on any atom is -0.451 e. The van der Waals surface area contributed by atoms with E-state index in [-0.39, 0.29) is 5.75 Å². The van der Waals surface area contributed by atoms with Gasteiger partial charge in [-0.15, -0.1) is 0 Å². The highest BCUT2D eigenvalue weighted by molar-refractivity contribution is 7.89. The van der Waals surface area contributed by atoms with E-state index in [1.807, 2.05) is 4.72 Å². The molecule has 226 valence electrons. The normalized spacial score (nSPS) is 14.3. The van der Waals surface area contributed by atoms with Crippen molar-refractivity contribution in [3.63, 3.8) is 0 Å². The van der Waals surface area contributed by atoms with Gasteiger partial charge in [0.15, 0.2) is 17.4 Å². The molecule has 0 bridgehead atoms. The van der Waals surface area contributed by atoms with Crippen molar-refractivity contribution in [3.05, 3.63) is 53.1 Å². The van der Waals surface area contributed by atoms with Crippen molar-refractivity contribution in [2.75, 3.05) is 39.8 Å². The fourth-order valence-electron chi connectivity index (χ4n) is 3.75. The molecule has 13 nitrogen and oxygen atoms in total. The second-order valence-corrected chi connectivity index (χ2v) is 13.1. The van der Waals surface area contributed by atoms with Gasteiger partial charge in [-0.3, -0.25) is 10.0 Å². The summed E-state index contributed by atoms with van der Waals surface area (Å²) in [6, 6.07) is 5.58. The van der Waals surface area contributed by atoms with Gasteiger partial charge in [-0.2, -0.15) is 17.0 Å². The van der Waals surface area contributed by atoms with E-state index in [1.165, 1.54) is 34.6 Å². The number of hydrogen-bond donors (Lipinski definition) is 3. The summed E-state index contributed by atoms with van der Waals surface area (Å²) in [6.45, 7) is -1.55. The molecule has 3 rings (SSSR count). The van der Waals surface area contributed by atoms with Crippen LogP contribution in [0.5, 0.6) is 11.5 Å². The summed E-state index contributed by atoms with van der Waals surface area (Å²) >= 11 is 5.77. The fourth-order valence-corrected chi connectivity index (χ4v) is 6.12. The molecule has 0 unspecified atom stereocenters. The number of nitrogens with zero attached hydrogens (tertiary/aromatic N) is 3. The number of likely N-dealkylation sites (tertiary alicyclic amines) is 1. The molecule has 0 atom stereocenters. The summed E-state index contributed by atoms with van der Waals surface area (Å²) in [6.07, 6.45) is 2.35. The van der Waals surface area contributed by atoms with Gasteiger partial charge in [-0.25, -0.2) is 32.2 Å². The van der Waals surface area contributed by atoms with Gasteiger partial charge >= 0.3 is 16.2 Å². The summed E-state index contributed by atoms with van der Waals surface area (Å²) in [5.74, 6) is -4.86. The molecule has 2 aromatic carbocycles. The summed E-state index contributed by atoms with van der Waals surface area (Å²) in [5, 5.41) is 9.25.